The quantitative estimate of drug-likeness (QED) is 0.727. The first-order valence-electron chi connectivity index (χ1n) is 4.73. The molecule has 0 radical (unpaired) electrons. The summed E-state index contributed by atoms with van der Waals surface area (Å²) in [5.74, 6) is -0.636. The van der Waals surface area contributed by atoms with Crippen molar-refractivity contribution < 1.29 is 27.8 Å². The summed E-state index contributed by atoms with van der Waals surface area (Å²) in [7, 11) is 0. The van der Waals surface area contributed by atoms with Crippen molar-refractivity contribution in [3.05, 3.63) is 0 Å². The number of hydrogen-bond donors (Lipinski definition) is 2. The van der Waals surface area contributed by atoms with Crippen LogP contribution in [0.5, 0.6) is 0 Å². The van der Waals surface area contributed by atoms with Gasteiger partial charge in [0.05, 0.1) is 0 Å². The average Bonchev–Trinajstić information content (AvgIpc) is 1.99. The number of alkyl halides is 3. The van der Waals surface area contributed by atoms with Gasteiger partial charge in [-0.3, -0.25) is 4.79 Å². The number of aliphatic hydroxyl groups is 1. The van der Waals surface area contributed by atoms with Crippen molar-refractivity contribution >= 4 is 5.91 Å². The summed E-state index contributed by atoms with van der Waals surface area (Å²) in [6, 6.07) is 0. The molecule has 0 rings (SSSR count). The van der Waals surface area contributed by atoms with E-state index in [1.807, 2.05) is 0 Å². The lowest BCUT2D eigenvalue weighted by atomic mass is 10.0. The first-order chi connectivity index (χ1) is 7.16. The molecule has 0 saturated heterocycles. The van der Waals surface area contributed by atoms with Crippen LogP contribution in [0.1, 0.15) is 20.3 Å². The fraction of sp³-hybridized carbons (Fsp3) is 0.889. The molecule has 7 heteroatoms. The number of carbonyl (C=O) groups excluding carboxylic acids is 1. The topological polar surface area (TPSA) is 58.6 Å². The van der Waals surface area contributed by atoms with Crippen LogP contribution in [-0.2, 0) is 9.53 Å². The second-order valence-corrected chi connectivity index (χ2v) is 4.01. The van der Waals surface area contributed by atoms with Crippen molar-refractivity contribution in [1.29, 1.82) is 0 Å². The number of ether oxygens (including phenoxy) is 1. The lowest BCUT2D eigenvalue weighted by Crippen LogP contribution is -2.45. The summed E-state index contributed by atoms with van der Waals surface area (Å²) in [5.41, 5.74) is -0.659. The first kappa shape index (κ1) is 15.2. The minimum Gasteiger partial charge on any atom is -0.396 e. The third-order valence-electron chi connectivity index (χ3n) is 1.71. The van der Waals surface area contributed by atoms with E-state index in [4.69, 9.17) is 5.11 Å². The highest BCUT2D eigenvalue weighted by atomic mass is 19.4. The van der Waals surface area contributed by atoms with Crippen molar-refractivity contribution in [3.8, 4) is 0 Å². The van der Waals surface area contributed by atoms with E-state index >= 15 is 0 Å². The summed E-state index contributed by atoms with van der Waals surface area (Å²) in [4.78, 5) is 11.1. The monoisotopic (exact) mass is 243 g/mol. The molecule has 16 heavy (non-hydrogen) atoms. The molecule has 0 heterocycles. The van der Waals surface area contributed by atoms with Gasteiger partial charge in [-0.05, 0) is 20.3 Å². The molecule has 0 aromatic rings. The molecule has 4 nitrogen and oxygen atoms in total. The van der Waals surface area contributed by atoms with Crippen LogP contribution < -0.4 is 5.32 Å². The van der Waals surface area contributed by atoms with Crippen molar-refractivity contribution in [1.82, 2.24) is 5.32 Å². The molecule has 2 N–H and O–H groups in total. The SMILES string of the molecule is CC(C)(CCO)NC(=O)COCC(F)(F)F. The molecule has 0 fully saturated rings. The van der Waals surface area contributed by atoms with Crippen LogP contribution in [0.2, 0.25) is 0 Å². The Morgan fingerprint density at radius 2 is 1.94 bits per heavy atom. The van der Waals surface area contributed by atoms with E-state index in [0.29, 0.717) is 6.42 Å². The minimum absolute atomic E-state index is 0.114. The predicted octanol–water partition coefficient (Wildman–Crippen LogP) is 0.843. The molecule has 96 valence electrons. The summed E-state index contributed by atoms with van der Waals surface area (Å²) in [5, 5.41) is 11.1. The highest BCUT2D eigenvalue weighted by Gasteiger charge is 2.28. The van der Waals surface area contributed by atoms with Gasteiger partial charge < -0.3 is 15.2 Å². The molecule has 1 amide bonds. The fourth-order valence-corrected chi connectivity index (χ4v) is 1.01. The first-order valence-corrected chi connectivity index (χ1v) is 4.73. The van der Waals surface area contributed by atoms with Crippen LogP contribution >= 0.6 is 0 Å². The summed E-state index contributed by atoms with van der Waals surface area (Å²) < 4.78 is 39.2. The van der Waals surface area contributed by atoms with E-state index in [2.05, 4.69) is 10.1 Å². The Balaban J connectivity index is 3.83. The maximum absolute atomic E-state index is 11.7. The van der Waals surface area contributed by atoms with Gasteiger partial charge in [-0.1, -0.05) is 0 Å². The van der Waals surface area contributed by atoms with E-state index < -0.39 is 30.8 Å². The highest BCUT2D eigenvalue weighted by molar-refractivity contribution is 5.77. The number of amides is 1. The van der Waals surface area contributed by atoms with Gasteiger partial charge >= 0.3 is 6.18 Å². The van der Waals surface area contributed by atoms with Crippen molar-refractivity contribution in [2.45, 2.75) is 32.0 Å². The smallest absolute Gasteiger partial charge is 0.396 e. The number of rotatable bonds is 6. The molecular formula is C9H16F3NO3. The van der Waals surface area contributed by atoms with Gasteiger partial charge in [-0.25, -0.2) is 0 Å². The lowest BCUT2D eigenvalue weighted by molar-refractivity contribution is -0.175. The van der Waals surface area contributed by atoms with Crippen molar-refractivity contribution in [2.75, 3.05) is 19.8 Å². The molecule has 0 aromatic carbocycles. The summed E-state index contributed by atoms with van der Waals surface area (Å²) >= 11 is 0. The van der Waals surface area contributed by atoms with Crippen LogP contribution in [0.3, 0.4) is 0 Å². The second-order valence-electron chi connectivity index (χ2n) is 4.01. The number of carbonyl (C=O) groups is 1. The molecule has 0 aliphatic carbocycles. The Morgan fingerprint density at radius 1 is 1.38 bits per heavy atom. The van der Waals surface area contributed by atoms with Gasteiger partial charge in [-0.2, -0.15) is 13.2 Å². The van der Waals surface area contributed by atoms with Crippen LogP contribution in [0.15, 0.2) is 0 Å². The lowest BCUT2D eigenvalue weighted by Gasteiger charge is -2.25. The number of halogens is 3. The highest BCUT2D eigenvalue weighted by Crippen LogP contribution is 2.14. The van der Waals surface area contributed by atoms with Gasteiger partial charge in [0.1, 0.15) is 13.2 Å². The molecule has 0 saturated carbocycles. The largest absolute Gasteiger partial charge is 0.411 e. The summed E-state index contributed by atoms with van der Waals surface area (Å²) in [6.45, 7) is 1.11. The number of aliphatic hydroxyl groups excluding tert-OH is 1. The van der Waals surface area contributed by atoms with Crippen LogP contribution in [0.25, 0.3) is 0 Å². The summed E-state index contributed by atoms with van der Waals surface area (Å²) in [6.07, 6.45) is -4.11. The van der Waals surface area contributed by atoms with Gasteiger partial charge in [0.25, 0.3) is 0 Å². The molecule has 0 atom stereocenters. The average molecular weight is 243 g/mol. The van der Waals surface area contributed by atoms with Gasteiger partial charge in [0.15, 0.2) is 0 Å². The zero-order valence-electron chi connectivity index (χ0n) is 9.23. The third-order valence-corrected chi connectivity index (χ3v) is 1.71. The molecule has 0 bridgehead atoms. The predicted molar refractivity (Wildman–Crippen MR) is 50.8 cm³/mol. The fourth-order valence-electron chi connectivity index (χ4n) is 1.01. The Kier molecular flexibility index (Phi) is 5.74. The third kappa shape index (κ3) is 8.49. The second kappa shape index (κ2) is 6.05. The standard InChI is InChI=1S/C9H16F3NO3/c1-8(2,3-4-14)13-7(15)5-16-6-9(10,11)12/h14H,3-6H2,1-2H3,(H,13,15). The van der Waals surface area contributed by atoms with Gasteiger partial charge in [-0.15, -0.1) is 0 Å². The number of nitrogens with one attached hydrogen (secondary N) is 1. The Bertz CT molecular complexity index is 229. The van der Waals surface area contributed by atoms with Crippen molar-refractivity contribution in [3.63, 3.8) is 0 Å². The Labute approximate surface area is 91.8 Å². The molecule has 0 aliphatic rings. The van der Waals surface area contributed by atoms with Crippen LogP contribution in [0, 0.1) is 0 Å². The molecular weight excluding hydrogens is 227 g/mol. The minimum atomic E-state index is -4.43. The Hall–Kier alpha value is -0.820. The molecule has 0 spiro atoms. The van der Waals surface area contributed by atoms with E-state index in [0.717, 1.165) is 0 Å². The van der Waals surface area contributed by atoms with Gasteiger partial charge in [0.2, 0.25) is 5.91 Å². The van der Waals surface area contributed by atoms with E-state index in [9.17, 15) is 18.0 Å². The zero-order valence-corrected chi connectivity index (χ0v) is 9.23. The molecule has 0 unspecified atom stereocenters. The van der Waals surface area contributed by atoms with Crippen LogP contribution in [-0.4, -0.2) is 42.5 Å². The molecule has 0 aromatic heterocycles. The normalized spacial score (nSPS) is 12.6. The van der Waals surface area contributed by atoms with Crippen LogP contribution in [0.4, 0.5) is 13.2 Å². The maximum atomic E-state index is 11.7. The Morgan fingerprint density at radius 3 is 2.38 bits per heavy atom. The number of hydrogen-bond acceptors (Lipinski definition) is 3. The van der Waals surface area contributed by atoms with E-state index in [1.165, 1.54) is 0 Å². The van der Waals surface area contributed by atoms with Crippen molar-refractivity contribution in [2.24, 2.45) is 0 Å². The van der Waals surface area contributed by atoms with Gasteiger partial charge in [0, 0.05) is 12.1 Å². The van der Waals surface area contributed by atoms with E-state index in [-0.39, 0.29) is 6.61 Å². The maximum Gasteiger partial charge on any atom is 0.411 e. The zero-order chi connectivity index (χ0) is 12.8. The molecule has 0 aliphatic heterocycles. The van der Waals surface area contributed by atoms with E-state index in [1.54, 1.807) is 13.8 Å².